The maximum absolute atomic E-state index is 5.50. The maximum Gasteiger partial charge on any atom is 0.128 e. The third-order valence-corrected chi connectivity index (χ3v) is 3.65. The van der Waals surface area contributed by atoms with Gasteiger partial charge in [-0.3, -0.25) is 20.6 Å². The first-order valence-corrected chi connectivity index (χ1v) is 7.26. The molecule has 0 aromatic rings. The molecule has 0 spiro atoms. The van der Waals surface area contributed by atoms with Crippen LogP contribution in [0.5, 0.6) is 0 Å². The predicted molar refractivity (Wildman–Crippen MR) is 65.5 cm³/mol. The molecule has 0 radical (unpaired) electrons. The molecule has 9 heteroatoms. The van der Waals surface area contributed by atoms with E-state index in [9.17, 15) is 0 Å². The third kappa shape index (κ3) is 7.17. The molecule has 0 amide bonds. The molecular formula is C4H14N4OS4. The number of hydrogen-bond acceptors (Lipinski definition) is 9. The van der Waals surface area contributed by atoms with Gasteiger partial charge < -0.3 is 4.74 Å². The summed E-state index contributed by atoms with van der Waals surface area (Å²) < 4.78 is 5.50. The van der Waals surface area contributed by atoms with E-state index < -0.39 is 0 Å². The lowest BCUT2D eigenvalue weighted by Crippen LogP contribution is -2.24. The number of ether oxygens (including phenoxy) is 1. The molecule has 2 unspecified atom stereocenters. The van der Waals surface area contributed by atoms with Crippen LogP contribution in [0.25, 0.3) is 0 Å². The zero-order valence-electron chi connectivity index (χ0n) is 6.92. The Morgan fingerprint density at radius 3 is 1.46 bits per heavy atom. The molecule has 5 nitrogen and oxygen atoms in total. The van der Waals surface area contributed by atoms with E-state index in [0.717, 1.165) is 23.9 Å². The van der Waals surface area contributed by atoms with Crippen LogP contribution in [0.1, 0.15) is 0 Å². The molecule has 0 aliphatic rings. The largest absolute Gasteiger partial charge is 0.349 e. The summed E-state index contributed by atoms with van der Waals surface area (Å²) in [6, 6.07) is 0. The molecule has 8 N–H and O–H groups in total. The van der Waals surface area contributed by atoms with Crippen molar-refractivity contribution in [3.8, 4) is 0 Å². The average molecular weight is 262 g/mol. The quantitative estimate of drug-likeness (QED) is 0.357. The number of hydrogen-bond donors (Lipinski definition) is 4. The molecular weight excluding hydrogens is 248 g/mol. The molecule has 0 saturated carbocycles. The van der Waals surface area contributed by atoms with Gasteiger partial charge in [0.1, 0.15) is 10.9 Å². The standard InChI is InChI=1S/C4H14N4OS4/c5-10-1-3(12-7)9-4(13-8)2-11-6/h3-4H,1-2,5-8H2. The molecule has 0 aromatic heterocycles. The molecule has 0 aromatic carbocycles. The molecule has 0 saturated heterocycles. The van der Waals surface area contributed by atoms with Crippen LogP contribution in [-0.4, -0.2) is 22.4 Å². The van der Waals surface area contributed by atoms with Crippen LogP contribution in [0.4, 0.5) is 0 Å². The normalized spacial score (nSPS) is 15.7. The maximum atomic E-state index is 5.50. The van der Waals surface area contributed by atoms with Crippen LogP contribution in [0.3, 0.4) is 0 Å². The average Bonchev–Trinajstić information content (AvgIpc) is 2.16. The van der Waals surface area contributed by atoms with Crippen LogP contribution in [0.15, 0.2) is 0 Å². The summed E-state index contributed by atoms with van der Waals surface area (Å²) in [6.45, 7) is 0. The SMILES string of the molecule is NSCC(OC(CSN)SN)SN. The highest BCUT2D eigenvalue weighted by Gasteiger charge is 2.15. The molecule has 0 aliphatic heterocycles. The summed E-state index contributed by atoms with van der Waals surface area (Å²) in [6.07, 6.45) is 0. The minimum Gasteiger partial charge on any atom is -0.349 e. The molecule has 13 heavy (non-hydrogen) atoms. The van der Waals surface area contributed by atoms with Gasteiger partial charge in [0, 0.05) is 11.5 Å². The Morgan fingerprint density at radius 2 is 1.23 bits per heavy atom. The lowest BCUT2D eigenvalue weighted by atomic mass is 10.8. The van der Waals surface area contributed by atoms with Gasteiger partial charge in [-0.1, -0.05) is 47.8 Å². The Balaban J connectivity index is 3.73. The van der Waals surface area contributed by atoms with Crippen LogP contribution in [-0.2, 0) is 4.74 Å². The van der Waals surface area contributed by atoms with E-state index in [2.05, 4.69) is 0 Å². The number of rotatable bonds is 8. The smallest absolute Gasteiger partial charge is 0.128 e. The van der Waals surface area contributed by atoms with Crippen molar-refractivity contribution in [3.05, 3.63) is 0 Å². The molecule has 0 heterocycles. The first-order valence-electron chi connectivity index (χ1n) is 3.28. The van der Waals surface area contributed by atoms with Crippen molar-refractivity contribution in [2.45, 2.75) is 10.9 Å². The molecule has 0 fully saturated rings. The highest BCUT2D eigenvalue weighted by molar-refractivity contribution is 8.01. The van der Waals surface area contributed by atoms with E-state index in [1.807, 2.05) is 0 Å². The van der Waals surface area contributed by atoms with Crippen molar-refractivity contribution in [1.82, 2.24) is 0 Å². The zero-order valence-corrected chi connectivity index (χ0v) is 10.2. The van der Waals surface area contributed by atoms with Crippen molar-refractivity contribution in [2.75, 3.05) is 11.5 Å². The second kappa shape index (κ2) is 9.74. The topological polar surface area (TPSA) is 113 Å². The molecule has 0 rings (SSSR count). The van der Waals surface area contributed by atoms with Gasteiger partial charge in [0.05, 0.1) is 0 Å². The van der Waals surface area contributed by atoms with E-state index in [0.29, 0.717) is 11.5 Å². The van der Waals surface area contributed by atoms with Crippen molar-refractivity contribution in [3.63, 3.8) is 0 Å². The van der Waals surface area contributed by atoms with Crippen molar-refractivity contribution in [1.29, 1.82) is 0 Å². The molecule has 80 valence electrons. The first kappa shape index (κ1) is 14.2. The summed E-state index contributed by atoms with van der Waals surface area (Å²) >= 11 is 4.63. The summed E-state index contributed by atoms with van der Waals surface area (Å²) in [5, 5.41) is 21.4. The summed E-state index contributed by atoms with van der Waals surface area (Å²) in [5.74, 6) is 1.26. The minimum atomic E-state index is -0.136. The van der Waals surface area contributed by atoms with Gasteiger partial charge in [-0.25, -0.2) is 0 Å². The van der Waals surface area contributed by atoms with E-state index in [1.54, 1.807) is 0 Å². The van der Waals surface area contributed by atoms with Crippen molar-refractivity contribution < 1.29 is 4.74 Å². The number of nitrogens with two attached hydrogens (primary N) is 4. The molecule has 0 bridgehead atoms. The van der Waals surface area contributed by atoms with Crippen LogP contribution >= 0.6 is 47.8 Å². The van der Waals surface area contributed by atoms with E-state index in [-0.39, 0.29) is 10.9 Å². The monoisotopic (exact) mass is 262 g/mol. The fourth-order valence-electron chi connectivity index (χ4n) is 0.548. The zero-order chi connectivity index (χ0) is 10.1. The molecule has 0 aliphatic carbocycles. The van der Waals surface area contributed by atoms with E-state index in [1.165, 1.54) is 23.9 Å². The Kier molecular flexibility index (Phi) is 10.6. The Bertz CT molecular complexity index is 108. The summed E-state index contributed by atoms with van der Waals surface area (Å²) in [5.41, 5.74) is -0.272. The highest BCUT2D eigenvalue weighted by atomic mass is 32.2. The van der Waals surface area contributed by atoms with Gasteiger partial charge in [-0.15, -0.1) is 0 Å². The third-order valence-electron chi connectivity index (χ3n) is 1.07. The Morgan fingerprint density at radius 1 is 0.846 bits per heavy atom. The van der Waals surface area contributed by atoms with Crippen LogP contribution < -0.4 is 20.6 Å². The van der Waals surface area contributed by atoms with Gasteiger partial charge in [-0.2, -0.15) is 0 Å². The van der Waals surface area contributed by atoms with Gasteiger partial charge in [0.25, 0.3) is 0 Å². The first-order chi connectivity index (χ1) is 6.28. The van der Waals surface area contributed by atoms with Crippen molar-refractivity contribution >= 4 is 47.8 Å². The summed E-state index contributed by atoms with van der Waals surface area (Å²) in [4.78, 5) is 0. The van der Waals surface area contributed by atoms with Gasteiger partial charge in [0.15, 0.2) is 0 Å². The highest BCUT2D eigenvalue weighted by Crippen LogP contribution is 2.17. The summed E-state index contributed by atoms with van der Waals surface area (Å²) in [7, 11) is 0. The van der Waals surface area contributed by atoms with Gasteiger partial charge in [-0.05, 0) is 0 Å². The lowest BCUT2D eigenvalue weighted by Gasteiger charge is -2.19. The van der Waals surface area contributed by atoms with Gasteiger partial charge in [0.2, 0.25) is 0 Å². The van der Waals surface area contributed by atoms with Crippen LogP contribution in [0, 0.1) is 0 Å². The fourth-order valence-corrected chi connectivity index (χ4v) is 2.59. The Labute approximate surface area is 95.3 Å². The molecule has 2 atom stereocenters. The van der Waals surface area contributed by atoms with E-state index >= 15 is 0 Å². The second-order valence-electron chi connectivity index (χ2n) is 1.93. The van der Waals surface area contributed by atoms with Gasteiger partial charge >= 0.3 is 0 Å². The second-order valence-corrected chi connectivity index (χ2v) is 4.86. The van der Waals surface area contributed by atoms with E-state index in [4.69, 9.17) is 25.3 Å². The minimum absolute atomic E-state index is 0.136. The fraction of sp³-hybridized carbons (Fsp3) is 1.00. The van der Waals surface area contributed by atoms with Crippen LogP contribution in [0.2, 0.25) is 0 Å². The lowest BCUT2D eigenvalue weighted by molar-refractivity contribution is 0.119. The predicted octanol–water partition coefficient (Wildman–Crippen LogP) is 0.0828. The van der Waals surface area contributed by atoms with Crippen molar-refractivity contribution in [2.24, 2.45) is 20.6 Å². The Hall–Kier alpha value is 1.20.